The van der Waals surface area contributed by atoms with Gasteiger partial charge in [0.05, 0.1) is 11.3 Å². The van der Waals surface area contributed by atoms with E-state index in [0.29, 0.717) is 25.1 Å². The normalized spacial score (nSPS) is 22.9. The lowest BCUT2D eigenvalue weighted by atomic mass is 9.88. The van der Waals surface area contributed by atoms with Crippen LogP contribution in [0.4, 0.5) is 0 Å². The van der Waals surface area contributed by atoms with Gasteiger partial charge in [0.15, 0.2) is 5.60 Å². The number of carbonyl (C=O) groups is 2. The number of ether oxygens (including phenoxy) is 1. The van der Waals surface area contributed by atoms with Crippen LogP contribution in [0.25, 0.3) is 0 Å². The second-order valence-electron chi connectivity index (χ2n) is 7.34. The molecule has 1 unspecified atom stereocenters. The van der Waals surface area contributed by atoms with E-state index in [1.54, 1.807) is 19.2 Å². The van der Waals surface area contributed by atoms with E-state index >= 15 is 0 Å². The van der Waals surface area contributed by atoms with Crippen molar-refractivity contribution in [1.82, 2.24) is 14.8 Å². The van der Waals surface area contributed by atoms with Crippen LogP contribution in [0.3, 0.4) is 0 Å². The standard InChI is InChI=1S/C21H23N3O3/c1-21(14-16-6-2-3-8-18(16)19(25)27-21)20(26)24-12-10-23(11-13-24)15-17-7-4-5-9-22-17/h2-9H,10-15H2,1H3. The lowest BCUT2D eigenvalue weighted by molar-refractivity contribution is -0.153. The maximum atomic E-state index is 13.1. The first-order valence-corrected chi connectivity index (χ1v) is 9.28. The van der Waals surface area contributed by atoms with Gasteiger partial charge >= 0.3 is 5.97 Å². The minimum atomic E-state index is -1.13. The molecule has 1 saturated heterocycles. The molecule has 1 aromatic carbocycles. The van der Waals surface area contributed by atoms with Crippen molar-refractivity contribution in [3.8, 4) is 0 Å². The highest BCUT2D eigenvalue weighted by atomic mass is 16.6. The van der Waals surface area contributed by atoms with Crippen LogP contribution >= 0.6 is 0 Å². The van der Waals surface area contributed by atoms with Crippen molar-refractivity contribution in [3.05, 3.63) is 65.5 Å². The summed E-state index contributed by atoms with van der Waals surface area (Å²) in [6, 6.07) is 13.2. The highest BCUT2D eigenvalue weighted by molar-refractivity contribution is 5.97. The number of cyclic esters (lactones) is 1. The highest BCUT2D eigenvalue weighted by Gasteiger charge is 2.45. The fourth-order valence-corrected chi connectivity index (χ4v) is 3.82. The average Bonchev–Trinajstić information content (AvgIpc) is 2.69. The molecule has 6 heteroatoms. The molecule has 0 saturated carbocycles. The highest BCUT2D eigenvalue weighted by Crippen LogP contribution is 2.30. The third kappa shape index (κ3) is 3.57. The summed E-state index contributed by atoms with van der Waals surface area (Å²) < 4.78 is 5.58. The van der Waals surface area contributed by atoms with Gasteiger partial charge in [-0.15, -0.1) is 0 Å². The zero-order chi connectivity index (χ0) is 18.9. The molecule has 3 heterocycles. The van der Waals surface area contributed by atoms with Gasteiger partial charge in [0.1, 0.15) is 0 Å². The molecule has 2 aromatic rings. The van der Waals surface area contributed by atoms with Crippen molar-refractivity contribution in [2.75, 3.05) is 26.2 Å². The first kappa shape index (κ1) is 17.7. The van der Waals surface area contributed by atoms with Crippen LogP contribution in [0, 0.1) is 0 Å². The smallest absolute Gasteiger partial charge is 0.339 e. The van der Waals surface area contributed by atoms with Crippen LogP contribution in [0.5, 0.6) is 0 Å². The number of piperazine rings is 1. The van der Waals surface area contributed by atoms with E-state index in [-0.39, 0.29) is 5.91 Å². The summed E-state index contributed by atoms with van der Waals surface area (Å²) in [5.41, 5.74) is 1.33. The average molecular weight is 365 g/mol. The second-order valence-corrected chi connectivity index (χ2v) is 7.34. The summed E-state index contributed by atoms with van der Waals surface area (Å²) in [5.74, 6) is -0.524. The first-order valence-electron chi connectivity index (χ1n) is 9.28. The number of pyridine rings is 1. The maximum Gasteiger partial charge on any atom is 0.339 e. The number of carbonyl (C=O) groups excluding carboxylic acids is 2. The summed E-state index contributed by atoms with van der Waals surface area (Å²) in [7, 11) is 0. The Kier molecular flexibility index (Phi) is 4.66. The lowest BCUT2D eigenvalue weighted by Gasteiger charge is -2.40. The predicted octanol–water partition coefficient (Wildman–Crippen LogP) is 1.90. The molecule has 1 aromatic heterocycles. The third-order valence-electron chi connectivity index (χ3n) is 5.31. The van der Waals surface area contributed by atoms with Gasteiger partial charge in [-0.05, 0) is 30.7 Å². The molecule has 0 radical (unpaired) electrons. The van der Waals surface area contributed by atoms with Crippen molar-refractivity contribution < 1.29 is 14.3 Å². The van der Waals surface area contributed by atoms with Gasteiger partial charge in [-0.1, -0.05) is 24.3 Å². The molecular formula is C21H23N3O3. The second kappa shape index (κ2) is 7.12. The van der Waals surface area contributed by atoms with E-state index in [1.807, 2.05) is 41.3 Å². The number of hydrogen-bond donors (Lipinski definition) is 0. The fourth-order valence-electron chi connectivity index (χ4n) is 3.82. The number of amides is 1. The lowest BCUT2D eigenvalue weighted by Crippen LogP contribution is -2.57. The Balaban J connectivity index is 1.40. The van der Waals surface area contributed by atoms with Gasteiger partial charge < -0.3 is 9.64 Å². The Morgan fingerprint density at radius 3 is 2.59 bits per heavy atom. The van der Waals surface area contributed by atoms with Gasteiger partial charge in [-0.2, -0.15) is 0 Å². The predicted molar refractivity (Wildman–Crippen MR) is 100 cm³/mol. The zero-order valence-electron chi connectivity index (χ0n) is 15.4. The SMILES string of the molecule is CC1(C(=O)N2CCN(Cc3ccccn3)CC2)Cc2ccccc2C(=O)O1. The topological polar surface area (TPSA) is 62.7 Å². The molecule has 140 valence electrons. The number of nitrogens with zero attached hydrogens (tertiary/aromatic N) is 3. The molecule has 0 N–H and O–H groups in total. The van der Waals surface area contributed by atoms with E-state index in [0.717, 1.165) is 30.9 Å². The van der Waals surface area contributed by atoms with Gasteiger partial charge in [0.2, 0.25) is 0 Å². The molecule has 1 atom stereocenters. The van der Waals surface area contributed by atoms with Crippen molar-refractivity contribution in [1.29, 1.82) is 0 Å². The molecule has 2 aliphatic heterocycles. The summed E-state index contributed by atoms with van der Waals surface area (Å²) >= 11 is 0. The molecule has 1 amide bonds. The van der Waals surface area contributed by atoms with E-state index in [4.69, 9.17) is 4.74 Å². The Hall–Kier alpha value is -2.73. The quantitative estimate of drug-likeness (QED) is 0.778. The zero-order valence-corrected chi connectivity index (χ0v) is 15.4. The fraction of sp³-hybridized carbons (Fsp3) is 0.381. The van der Waals surface area contributed by atoms with Crippen LogP contribution in [0.1, 0.15) is 28.5 Å². The molecule has 27 heavy (non-hydrogen) atoms. The molecular weight excluding hydrogens is 342 g/mol. The van der Waals surface area contributed by atoms with Crippen molar-refractivity contribution in [2.24, 2.45) is 0 Å². The van der Waals surface area contributed by atoms with E-state index < -0.39 is 11.6 Å². The summed E-state index contributed by atoms with van der Waals surface area (Å²) in [4.78, 5) is 33.9. The summed E-state index contributed by atoms with van der Waals surface area (Å²) in [6.07, 6.45) is 2.22. The molecule has 2 aliphatic rings. The van der Waals surface area contributed by atoms with E-state index in [9.17, 15) is 9.59 Å². The molecule has 0 aliphatic carbocycles. The van der Waals surface area contributed by atoms with Crippen LogP contribution in [0.2, 0.25) is 0 Å². The van der Waals surface area contributed by atoms with Gasteiger partial charge in [-0.3, -0.25) is 14.7 Å². The Bertz CT molecular complexity index is 847. The van der Waals surface area contributed by atoms with Crippen LogP contribution in [-0.4, -0.2) is 58.4 Å². The number of rotatable bonds is 3. The first-order chi connectivity index (χ1) is 13.0. The summed E-state index contributed by atoms with van der Waals surface area (Å²) in [6.45, 7) is 5.32. The molecule has 1 fully saturated rings. The molecule has 0 bridgehead atoms. The monoisotopic (exact) mass is 365 g/mol. The number of fused-ring (bicyclic) bond motifs is 1. The Morgan fingerprint density at radius 2 is 1.85 bits per heavy atom. The molecule has 4 rings (SSSR count). The van der Waals surface area contributed by atoms with E-state index in [2.05, 4.69) is 9.88 Å². The Labute approximate surface area is 158 Å². The number of benzene rings is 1. The molecule has 6 nitrogen and oxygen atoms in total. The minimum Gasteiger partial charge on any atom is -0.445 e. The molecule has 0 spiro atoms. The van der Waals surface area contributed by atoms with Gasteiger partial charge in [-0.25, -0.2) is 4.79 Å². The Morgan fingerprint density at radius 1 is 1.11 bits per heavy atom. The van der Waals surface area contributed by atoms with Crippen molar-refractivity contribution >= 4 is 11.9 Å². The van der Waals surface area contributed by atoms with Gasteiger partial charge in [0.25, 0.3) is 5.91 Å². The van der Waals surface area contributed by atoms with Crippen molar-refractivity contribution in [2.45, 2.75) is 25.5 Å². The minimum absolute atomic E-state index is 0.108. The van der Waals surface area contributed by atoms with Crippen LogP contribution in [-0.2, 0) is 22.5 Å². The largest absolute Gasteiger partial charge is 0.445 e. The third-order valence-corrected chi connectivity index (χ3v) is 5.31. The van der Waals surface area contributed by atoms with Gasteiger partial charge in [0, 0.05) is 45.3 Å². The summed E-state index contributed by atoms with van der Waals surface area (Å²) in [5, 5.41) is 0. The van der Waals surface area contributed by atoms with Crippen molar-refractivity contribution in [3.63, 3.8) is 0 Å². The van der Waals surface area contributed by atoms with Crippen LogP contribution in [0.15, 0.2) is 48.7 Å². The van der Waals surface area contributed by atoms with Crippen LogP contribution < -0.4 is 0 Å². The van der Waals surface area contributed by atoms with E-state index in [1.165, 1.54) is 0 Å². The maximum absolute atomic E-state index is 13.1. The number of aromatic nitrogens is 1. The number of esters is 1. The number of hydrogen-bond acceptors (Lipinski definition) is 5.